The molecule has 2 aliphatic carbocycles. The molecule has 0 aromatic rings. The largest absolute Gasteiger partial charge is 0.393 e. The molecule has 5 atom stereocenters. The van der Waals surface area contributed by atoms with Crippen LogP contribution in [-0.2, 0) is 4.74 Å². The van der Waals surface area contributed by atoms with Gasteiger partial charge in [0, 0.05) is 11.8 Å². The van der Waals surface area contributed by atoms with Crippen molar-refractivity contribution in [1.29, 1.82) is 0 Å². The van der Waals surface area contributed by atoms with Gasteiger partial charge in [-0.3, -0.25) is 0 Å². The van der Waals surface area contributed by atoms with Crippen molar-refractivity contribution in [2.75, 3.05) is 0 Å². The third-order valence-corrected chi connectivity index (χ3v) is 9.47. The summed E-state index contributed by atoms with van der Waals surface area (Å²) < 4.78 is 6.46. The molecule has 4 heteroatoms. The lowest BCUT2D eigenvalue weighted by atomic mass is 9.64. The molecule has 4 nitrogen and oxygen atoms in total. The molecule has 3 N–H and O–H groups in total. The van der Waals surface area contributed by atoms with E-state index in [0.29, 0.717) is 12.8 Å². The Morgan fingerprint density at radius 1 is 0.750 bits per heavy atom. The topological polar surface area (TPSA) is 69.9 Å². The summed E-state index contributed by atoms with van der Waals surface area (Å²) in [5.41, 5.74) is 4.59. The van der Waals surface area contributed by atoms with Crippen molar-refractivity contribution in [3.05, 3.63) is 119 Å². The molecule has 0 amide bonds. The monoisotopic (exact) mass is 600 g/mol. The second kappa shape index (κ2) is 14.1. The van der Waals surface area contributed by atoms with Gasteiger partial charge in [0.15, 0.2) is 0 Å². The molecule has 0 aromatic heterocycles. The third-order valence-electron chi connectivity index (χ3n) is 9.47. The Balaban J connectivity index is 1.54. The van der Waals surface area contributed by atoms with Crippen molar-refractivity contribution in [3.8, 4) is 0 Å². The van der Waals surface area contributed by atoms with Gasteiger partial charge >= 0.3 is 0 Å². The number of allylic oxidation sites excluding steroid dienone is 14. The Kier molecular flexibility index (Phi) is 11.5. The van der Waals surface area contributed by atoms with Gasteiger partial charge < -0.3 is 20.1 Å². The Morgan fingerprint density at radius 2 is 1.30 bits per heavy atom. The van der Waals surface area contributed by atoms with Crippen molar-refractivity contribution < 1.29 is 20.1 Å². The van der Waals surface area contributed by atoms with Crippen molar-refractivity contribution in [3.63, 3.8) is 0 Å². The van der Waals surface area contributed by atoms with Gasteiger partial charge in [-0.1, -0.05) is 117 Å². The number of hydrogen-bond donors (Lipinski definition) is 3. The molecule has 0 spiro atoms. The maximum Gasteiger partial charge on any atom is 0.109 e. The highest BCUT2D eigenvalue weighted by atomic mass is 16.5. The van der Waals surface area contributed by atoms with Gasteiger partial charge in [0.05, 0.1) is 23.9 Å². The van der Waals surface area contributed by atoms with Crippen molar-refractivity contribution >= 4 is 0 Å². The number of aliphatic hydroxyl groups is 3. The second-order valence-electron chi connectivity index (χ2n) is 14.6. The highest BCUT2D eigenvalue weighted by molar-refractivity contribution is 5.38. The highest BCUT2D eigenvalue weighted by Crippen LogP contribution is 2.52. The Labute approximate surface area is 267 Å². The molecule has 3 aliphatic rings. The van der Waals surface area contributed by atoms with E-state index in [-0.39, 0.29) is 17.6 Å². The van der Waals surface area contributed by atoms with Gasteiger partial charge in [0.25, 0.3) is 0 Å². The molecule has 1 heterocycles. The zero-order valence-electron chi connectivity index (χ0n) is 28.7. The van der Waals surface area contributed by atoms with E-state index in [0.717, 1.165) is 34.3 Å². The summed E-state index contributed by atoms with van der Waals surface area (Å²) in [4.78, 5) is 0. The van der Waals surface area contributed by atoms with Gasteiger partial charge in [-0.2, -0.15) is 0 Å². The van der Waals surface area contributed by atoms with Crippen LogP contribution in [0.15, 0.2) is 119 Å². The number of rotatable bonds is 9. The van der Waals surface area contributed by atoms with Crippen LogP contribution in [0.1, 0.15) is 88.5 Å². The molecule has 0 radical (unpaired) electrons. The lowest BCUT2D eigenvalue weighted by Crippen LogP contribution is -2.48. The van der Waals surface area contributed by atoms with E-state index in [4.69, 9.17) is 4.74 Å². The molecule has 5 unspecified atom stereocenters. The van der Waals surface area contributed by atoms with Gasteiger partial charge in [0.1, 0.15) is 5.60 Å². The number of hydrogen-bond acceptors (Lipinski definition) is 4. The summed E-state index contributed by atoms with van der Waals surface area (Å²) in [6.07, 6.45) is 29.5. The first kappa shape index (κ1) is 35.7. The average Bonchev–Trinajstić information content (AvgIpc) is 3.26. The molecule has 3 rings (SSSR count). The van der Waals surface area contributed by atoms with Crippen LogP contribution in [0.25, 0.3) is 0 Å². The second-order valence-corrected chi connectivity index (χ2v) is 14.6. The Bertz CT molecular complexity index is 1370. The third kappa shape index (κ3) is 8.69. The maximum absolute atomic E-state index is 11.3. The van der Waals surface area contributed by atoms with E-state index >= 15 is 0 Å². The average molecular weight is 601 g/mol. The Hall–Kier alpha value is -2.76. The highest BCUT2D eigenvalue weighted by Gasteiger charge is 2.50. The predicted octanol–water partition coefficient (Wildman–Crippen LogP) is 8.73. The molecule has 240 valence electrons. The lowest BCUT2D eigenvalue weighted by Gasteiger charge is -2.46. The molecule has 1 saturated carbocycles. The van der Waals surface area contributed by atoms with Gasteiger partial charge in [-0.15, -0.1) is 0 Å². The lowest BCUT2D eigenvalue weighted by molar-refractivity contribution is -0.0683. The fraction of sp³-hybridized carbons (Fsp3) is 0.500. The van der Waals surface area contributed by atoms with Crippen LogP contribution in [0.3, 0.4) is 0 Å². The SMILES string of the molecule is CC(C=CC=C(C)C=CC1(O)C(C)=CC(O)CC1(C)C)=CC=CC=C(C)C=CC=C(C)C1C=C2C(C)(C)CC(O)CC2(C)O1. The first-order chi connectivity index (χ1) is 20.4. The smallest absolute Gasteiger partial charge is 0.109 e. The van der Waals surface area contributed by atoms with Crippen molar-refractivity contribution in [2.45, 2.75) is 118 Å². The van der Waals surface area contributed by atoms with Crippen LogP contribution >= 0.6 is 0 Å². The summed E-state index contributed by atoms with van der Waals surface area (Å²) in [5, 5.41) is 31.8. The normalized spacial score (nSPS) is 33.5. The van der Waals surface area contributed by atoms with Crippen LogP contribution in [0.5, 0.6) is 0 Å². The van der Waals surface area contributed by atoms with E-state index in [2.05, 4.69) is 84.1 Å². The summed E-state index contributed by atoms with van der Waals surface area (Å²) in [6.45, 7) is 20.7. The zero-order chi connectivity index (χ0) is 32.9. The first-order valence-electron chi connectivity index (χ1n) is 16.0. The number of aliphatic hydroxyl groups excluding tert-OH is 2. The van der Waals surface area contributed by atoms with E-state index in [1.807, 2.05) is 64.2 Å². The van der Waals surface area contributed by atoms with Gasteiger partial charge in [-0.05, 0) is 88.7 Å². The Morgan fingerprint density at radius 3 is 1.89 bits per heavy atom. The summed E-state index contributed by atoms with van der Waals surface area (Å²) in [6, 6.07) is 0. The molecule has 0 bridgehead atoms. The summed E-state index contributed by atoms with van der Waals surface area (Å²) in [5.74, 6) is 0. The molecular formula is C40H56O4. The van der Waals surface area contributed by atoms with Crippen LogP contribution < -0.4 is 0 Å². The first-order valence-corrected chi connectivity index (χ1v) is 16.0. The van der Waals surface area contributed by atoms with E-state index in [1.54, 1.807) is 6.08 Å². The fourth-order valence-electron chi connectivity index (χ4n) is 6.93. The minimum Gasteiger partial charge on any atom is -0.393 e. The predicted molar refractivity (Wildman–Crippen MR) is 185 cm³/mol. The summed E-state index contributed by atoms with van der Waals surface area (Å²) in [7, 11) is 0. The number of fused-ring (bicyclic) bond motifs is 1. The van der Waals surface area contributed by atoms with Crippen LogP contribution in [0, 0.1) is 10.8 Å². The van der Waals surface area contributed by atoms with Gasteiger partial charge in [0.2, 0.25) is 0 Å². The molecular weight excluding hydrogens is 544 g/mol. The number of ether oxygens (including phenoxy) is 1. The van der Waals surface area contributed by atoms with Crippen molar-refractivity contribution in [1.82, 2.24) is 0 Å². The van der Waals surface area contributed by atoms with E-state index in [9.17, 15) is 15.3 Å². The van der Waals surface area contributed by atoms with Crippen LogP contribution in [-0.4, -0.2) is 44.8 Å². The minimum absolute atomic E-state index is 0.0570. The van der Waals surface area contributed by atoms with Crippen LogP contribution in [0.4, 0.5) is 0 Å². The van der Waals surface area contributed by atoms with E-state index in [1.165, 1.54) is 5.57 Å². The fourth-order valence-corrected chi connectivity index (χ4v) is 6.93. The molecule has 44 heavy (non-hydrogen) atoms. The zero-order valence-corrected chi connectivity index (χ0v) is 28.7. The molecule has 0 saturated heterocycles. The van der Waals surface area contributed by atoms with Crippen molar-refractivity contribution in [2.24, 2.45) is 10.8 Å². The quantitative estimate of drug-likeness (QED) is 0.183. The molecule has 1 aliphatic heterocycles. The van der Waals surface area contributed by atoms with Crippen LogP contribution in [0.2, 0.25) is 0 Å². The maximum atomic E-state index is 11.3. The minimum atomic E-state index is -1.08. The van der Waals surface area contributed by atoms with E-state index < -0.39 is 22.7 Å². The molecule has 0 aromatic carbocycles. The molecule has 1 fully saturated rings. The van der Waals surface area contributed by atoms with Gasteiger partial charge in [-0.25, -0.2) is 0 Å². The summed E-state index contributed by atoms with van der Waals surface area (Å²) >= 11 is 0. The standard InChI is InChI=1S/C40H56O4/c1-28(17-13-18-30(3)21-22-40(43)32(5)23-33(41)26-38(40,8)9)15-11-12-16-29(2)19-14-20-31(4)35-24-36-37(6,7)25-34(42)27-39(36,10)44-35/h11-24,33-35,41-43H,25-27H2,1-10H3.